The summed E-state index contributed by atoms with van der Waals surface area (Å²) in [6.07, 6.45) is 4.59. The van der Waals surface area contributed by atoms with E-state index in [2.05, 4.69) is 9.82 Å². The minimum Gasteiger partial charge on any atom is -0.381 e. The SMILES string of the molecule is Cc1c(S(=O)(=O)NCC2CCCC2)c(N)nn1C. The molecule has 0 atom stereocenters. The fourth-order valence-corrected chi connectivity index (χ4v) is 3.90. The smallest absolute Gasteiger partial charge is 0.246 e. The normalized spacial score (nSPS) is 17.4. The zero-order valence-electron chi connectivity index (χ0n) is 10.8. The lowest BCUT2D eigenvalue weighted by Gasteiger charge is -2.11. The summed E-state index contributed by atoms with van der Waals surface area (Å²) in [7, 11) is -1.86. The minimum atomic E-state index is -3.55. The standard InChI is InChI=1S/C11H20N4O2S/c1-8-10(11(12)14-15(8)2)18(16,17)13-7-9-5-3-4-6-9/h9,13H,3-7H2,1-2H3,(H2,12,14). The second-order valence-corrected chi connectivity index (χ2v) is 6.63. The third kappa shape index (κ3) is 2.51. The fraction of sp³-hybridized carbons (Fsp3) is 0.727. The Balaban J connectivity index is 2.14. The van der Waals surface area contributed by atoms with Gasteiger partial charge in [-0.2, -0.15) is 5.10 Å². The van der Waals surface area contributed by atoms with Crippen molar-refractivity contribution in [3.8, 4) is 0 Å². The van der Waals surface area contributed by atoms with Crippen molar-refractivity contribution in [3.63, 3.8) is 0 Å². The minimum absolute atomic E-state index is 0.0638. The van der Waals surface area contributed by atoms with Gasteiger partial charge in [0.2, 0.25) is 10.0 Å². The molecule has 1 aliphatic rings. The molecule has 0 amide bonds. The number of nitrogens with one attached hydrogen (secondary N) is 1. The molecule has 0 radical (unpaired) electrons. The highest BCUT2D eigenvalue weighted by molar-refractivity contribution is 7.89. The topological polar surface area (TPSA) is 90.0 Å². The molecular formula is C11H20N4O2S. The van der Waals surface area contributed by atoms with Crippen molar-refractivity contribution in [2.45, 2.75) is 37.5 Å². The Hall–Kier alpha value is -1.08. The van der Waals surface area contributed by atoms with Crippen LogP contribution in [0, 0.1) is 12.8 Å². The Morgan fingerprint density at radius 2 is 2.06 bits per heavy atom. The summed E-state index contributed by atoms with van der Waals surface area (Å²) in [6.45, 7) is 2.20. The van der Waals surface area contributed by atoms with Gasteiger partial charge in [0.05, 0.1) is 5.69 Å². The van der Waals surface area contributed by atoms with Gasteiger partial charge in [0.1, 0.15) is 4.90 Å². The number of nitrogen functional groups attached to an aromatic ring is 1. The number of hydrogen-bond donors (Lipinski definition) is 2. The van der Waals surface area contributed by atoms with E-state index in [4.69, 9.17) is 5.73 Å². The number of nitrogens with two attached hydrogens (primary N) is 1. The lowest BCUT2D eigenvalue weighted by atomic mass is 10.1. The highest BCUT2D eigenvalue weighted by Crippen LogP contribution is 2.25. The van der Waals surface area contributed by atoms with Gasteiger partial charge in [-0.05, 0) is 25.7 Å². The predicted molar refractivity (Wildman–Crippen MR) is 69.5 cm³/mol. The van der Waals surface area contributed by atoms with Crippen LogP contribution in [0.1, 0.15) is 31.4 Å². The summed E-state index contributed by atoms with van der Waals surface area (Å²) in [5, 5.41) is 3.93. The first-order valence-electron chi connectivity index (χ1n) is 6.20. The Bertz CT molecular complexity index is 529. The number of hydrogen-bond acceptors (Lipinski definition) is 4. The molecule has 0 aromatic carbocycles. The first-order valence-corrected chi connectivity index (χ1v) is 7.69. The largest absolute Gasteiger partial charge is 0.381 e. The zero-order chi connectivity index (χ0) is 13.3. The maximum absolute atomic E-state index is 12.2. The molecule has 0 bridgehead atoms. The van der Waals surface area contributed by atoms with Crippen molar-refractivity contribution in [2.24, 2.45) is 13.0 Å². The van der Waals surface area contributed by atoms with Crippen LogP contribution < -0.4 is 10.5 Å². The molecular weight excluding hydrogens is 252 g/mol. The Morgan fingerprint density at radius 1 is 1.44 bits per heavy atom. The predicted octanol–water partition coefficient (Wildman–Crippen LogP) is 0.779. The van der Waals surface area contributed by atoms with Crippen LogP contribution in [0.2, 0.25) is 0 Å². The molecule has 1 saturated carbocycles. The van der Waals surface area contributed by atoms with Gasteiger partial charge in [0, 0.05) is 13.6 Å². The van der Waals surface area contributed by atoms with E-state index in [1.165, 1.54) is 17.5 Å². The summed E-state index contributed by atoms with van der Waals surface area (Å²) in [6, 6.07) is 0. The third-order valence-corrected chi connectivity index (χ3v) is 5.20. The number of nitrogens with zero attached hydrogens (tertiary/aromatic N) is 2. The molecule has 1 aliphatic carbocycles. The molecule has 1 aromatic heterocycles. The summed E-state index contributed by atoms with van der Waals surface area (Å²) in [4.78, 5) is 0.114. The maximum atomic E-state index is 12.2. The van der Waals surface area contributed by atoms with Crippen LogP contribution in [0.15, 0.2) is 4.90 Å². The van der Waals surface area contributed by atoms with Crippen LogP contribution in [-0.2, 0) is 17.1 Å². The van der Waals surface area contributed by atoms with Crippen molar-refractivity contribution in [3.05, 3.63) is 5.69 Å². The molecule has 1 aromatic rings. The monoisotopic (exact) mass is 272 g/mol. The number of rotatable bonds is 4. The van der Waals surface area contributed by atoms with Crippen molar-refractivity contribution < 1.29 is 8.42 Å². The van der Waals surface area contributed by atoms with Gasteiger partial charge >= 0.3 is 0 Å². The molecule has 3 N–H and O–H groups in total. The fourth-order valence-electron chi connectivity index (χ4n) is 2.46. The molecule has 2 rings (SSSR count). The lowest BCUT2D eigenvalue weighted by molar-refractivity contribution is 0.519. The van der Waals surface area contributed by atoms with Crippen LogP contribution in [0.25, 0.3) is 0 Å². The van der Waals surface area contributed by atoms with Gasteiger partial charge in [-0.25, -0.2) is 13.1 Å². The van der Waals surface area contributed by atoms with E-state index in [1.54, 1.807) is 14.0 Å². The third-order valence-electron chi connectivity index (χ3n) is 3.61. The summed E-state index contributed by atoms with van der Waals surface area (Å²) >= 11 is 0. The number of aryl methyl sites for hydroxylation is 1. The zero-order valence-corrected chi connectivity index (χ0v) is 11.6. The number of sulfonamides is 1. The molecule has 6 nitrogen and oxygen atoms in total. The van der Waals surface area contributed by atoms with Crippen LogP contribution in [0.3, 0.4) is 0 Å². The van der Waals surface area contributed by atoms with Crippen molar-refractivity contribution in [2.75, 3.05) is 12.3 Å². The number of anilines is 1. The van der Waals surface area contributed by atoms with Crippen LogP contribution in [0.5, 0.6) is 0 Å². The van der Waals surface area contributed by atoms with E-state index in [0.717, 1.165) is 12.8 Å². The summed E-state index contributed by atoms with van der Waals surface area (Å²) in [5.41, 5.74) is 6.22. The van der Waals surface area contributed by atoms with Gasteiger partial charge in [-0.3, -0.25) is 4.68 Å². The average Bonchev–Trinajstić information content (AvgIpc) is 2.86. The quantitative estimate of drug-likeness (QED) is 0.847. The molecule has 18 heavy (non-hydrogen) atoms. The Morgan fingerprint density at radius 3 is 2.56 bits per heavy atom. The molecule has 0 aliphatic heterocycles. The van der Waals surface area contributed by atoms with Crippen LogP contribution >= 0.6 is 0 Å². The molecule has 0 saturated heterocycles. The first kappa shape index (κ1) is 13.4. The van der Waals surface area contributed by atoms with E-state index in [9.17, 15) is 8.42 Å². The van der Waals surface area contributed by atoms with E-state index in [-0.39, 0.29) is 10.7 Å². The molecule has 0 spiro atoms. The van der Waals surface area contributed by atoms with Crippen LogP contribution in [-0.4, -0.2) is 24.7 Å². The Labute approximate surface area is 108 Å². The molecule has 102 valence electrons. The average molecular weight is 272 g/mol. The highest BCUT2D eigenvalue weighted by Gasteiger charge is 2.26. The van der Waals surface area contributed by atoms with E-state index in [1.807, 2.05) is 0 Å². The maximum Gasteiger partial charge on any atom is 0.246 e. The lowest BCUT2D eigenvalue weighted by Crippen LogP contribution is -2.29. The van der Waals surface area contributed by atoms with Gasteiger partial charge in [-0.1, -0.05) is 12.8 Å². The van der Waals surface area contributed by atoms with Gasteiger partial charge in [0.15, 0.2) is 5.82 Å². The van der Waals surface area contributed by atoms with E-state index in [0.29, 0.717) is 18.2 Å². The molecule has 1 heterocycles. The molecule has 7 heteroatoms. The van der Waals surface area contributed by atoms with Crippen LogP contribution in [0.4, 0.5) is 5.82 Å². The van der Waals surface area contributed by atoms with Crippen molar-refractivity contribution >= 4 is 15.8 Å². The summed E-state index contributed by atoms with van der Waals surface area (Å²) < 4.78 is 28.5. The van der Waals surface area contributed by atoms with Crippen molar-refractivity contribution in [1.82, 2.24) is 14.5 Å². The summed E-state index contributed by atoms with van der Waals surface area (Å²) in [5.74, 6) is 0.520. The highest BCUT2D eigenvalue weighted by atomic mass is 32.2. The van der Waals surface area contributed by atoms with Gasteiger partial charge < -0.3 is 5.73 Å². The van der Waals surface area contributed by atoms with E-state index >= 15 is 0 Å². The number of aromatic nitrogens is 2. The Kier molecular flexibility index (Phi) is 3.63. The first-order chi connectivity index (χ1) is 8.42. The second kappa shape index (κ2) is 4.89. The van der Waals surface area contributed by atoms with Gasteiger partial charge in [-0.15, -0.1) is 0 Å². The van der Waals surface area contributed by atoms with Gasteiger partial charge in [0.25, 0.3) is 0 Å². The van der Waals surface area contributed by atoms with Crippen molar-refractivity contribution in [1.29, 1.82) is 0 Å². The molecule has 1 fully saturated rings. The van der Waals surface area contributed by atoms with E-state index < -0.39 is 10.0 Å². The molecule has 0 unspecified atom stereocenters. The second-order valence-electron chi connectivity index (χ2n) is 4.93.